The second-order valence-electron chi connectivity index (χ2n) is 10.6. The van der Waals surface area contributed by atoms with Crippen LogP contribution in [0.5, 0.6) is 5.75 Å². The van der Waals surface area contributed by atoms with Crippen LogP contribution in [0.15, 0.2) is 108 Å². The topological polar surface area (TPSA) is 105 Å². The maximum atomic E-state index is 14.0. The molecule has 0 fully saturated rings. The third-order valence-corrected chi connectivity index (χ3v) is 9.17. The zero-order valence-electron chi connectivity index (χ0n) is 25.4. The Hall–Kier alpha value is -4.18. The van der Waals surface area contributed by atoms with Gasteiger partial charge < -0.3 is 15.0 Å². The van der Waals surface area contributed by atoms with E-state index < -0.39 is 16.1 Å². The number of halogens is 1. The van der Waals surface area contributed by atoms with E-state index in [1.54, 1.807) is 43.2 Å². The Bertz CT molecular complexity index is 1650. The fraction of sp³-hybridized carbons (Fsp3) is 0.257. The van der Waals surface area contributed by atoms with E-state index >= 15 is 0 Å². The first-order valence-corrected chi connectivity index (χ1v) is 16.6. The van der Waals surface area contributed by atoms with Gasteiger partial charge in [-0.15, -0.1) is 0 Å². The molecule has 2 amide bonds. The number of rotatable bonds is 15. The summed E-state index contributed by atoms with van der Waals surface area (Å²) in [6, 6.07) is 30.0. The lowest BCUT2D eigenvalue weighted by Gasteiger charge is -2.32. The number of hydrogen-bond donors (Lipinski definition) is 2. The van der Waals surface area contributed by atoms with Crippen LogP contribution in [0.2, 0.25) is 5.02 Å². The first-order valence-electron chi connectivity index (χ1n) is 14.8. The predicted octanol–water partition coefficient (Wildman–Crippen LogP) is 5.54. The fourth-order valence-corrected chi connectivity index (χ4v) is 6.06. The van der Waals surface area contributed by atoms with Crippen LogP contribution in [0, 0.1) is 0 Å². The largest absolute Gasteiger partial charge is 0.497 e. The smallest absolute Gasteiger partial charge is 0.243 e. The normalized spacial score (nSPS) is 11.9. The van der Waals surface area contributed by atoms with E-state index in [9.17, 15) is 18.0 Å². The number of benzene rings is 4. The van der Waals surface area contributed by atoms with Crippen LogP contribution in [-0.2, 0) is 45.5 Å². The molecule has 0 saturated carbocycles. The first kappa shape index (κ1) is 33.7. The van der Waals surface area contributed by atoms with Crippen molar-refractivity contribution in [2.24, 2.45) is 0 Å². The number of nitrogens with zero attached hydrogens (tertiary/aromatic N) is 1. The van der Waals surface area contributed by atoms with Crippen molar-refractivity contribution in [1.29, 1.82) is 0 Å². The molecule has 8 nitrogen and oxygen atoms in total. The van der Waals surface area contributed by atoms with Gasteiger partial charge in [0.2, 0.25) is 21.8 Å². The van der Waals surface area contributed by atoms with Crippen LogP contribution >= 0.6 is 11.6 Å². The summed E-state index contributed by atoms with van der Waals surface area (Å²) in [7, 11) is -1.98. The van der Waals surface area contributed by atoms with Gasteiger partial charge in [-0.2, -0.15) is 0 Å². The van der Waals surface area contributed by atoms with Gasteiger partial charge in [0.05, 0.1) is 12.0 Å². The summed E-state index contributed by atoms with van der Waals surface area (Å²) in [5, 5.41) is 3.61. The molecule has 4 aromatic rings. The van der Waals surface area contributed by atoms with Crippen molar-refractivity contribution in [2.45, 2.75) is 50.2 Å². The minimum absolute atomic E-state index is 0.129. The number of methoxy groups -OCH3 is 1. The maximum Gasteiger partial charge on any atom is 0.243 e. The third kappa shape index (κ3) is 9.91. The lowest BCUT2D eigenvalue weighted by atomic mass is 10.0. The standard InChI is InChI=1S/C35H38ClN3O5S/c1-3-38-45(42,43)32-20-13-26(14-21-32)15-22-34(40)39(25-29-9-16-30(36)17-10-29)33(23-27-7-5-4-6-8-27)35(41)37-24-28-11-18-31(44-2)19-12-28/h4-14,16-21,33,38H,3,15,22-25H2,1-2H3,(H,37,41)/t33-/m1/s1. The van der Waals surface area contributed by atoms with E-state index in [2.05, 4.69) is 10.0 Å². The van der Waals surface area contributed by atoms with Gasteiger partial charge in [0, 0.05) is 37.5 Å². The lowest BCUT2D eigenvalue weighted by molar-refractivity contribution is -0.141. The van der Waals surface area contributed by atoms with Crippen molar-refractivity contribution in [3.63, 3.8) is 0 Å². The molecular formula is C35H38ClN3O5S. The van der Waals surface area contributed by atoms with Crippen molar-refractivity contribution in [1.82, 2.24) is 14.9 Å². The lowest BCUT2D eigenvalue weighted by Crippen LogP contribution is -2.50. The molecule has 0 heterocycles. The molecule has 0 radical (unpaired) electrons. The Morgan fingerprint density at radius 1 is 0.822 bits per heavy atom. The van der Waals surface area contributed by atoms with E-state index in [-0.39, 0.29) is 29.7 Å². The molecule has 0 aliphatic heterocycles. The molecule has 236 valence electrons. The van der Waals surface area contributed by atoms with Crippen LogP contribution in [0.1, 0.15) is 35.6 Å². The number of nitrogens with one attached hydrogen (secondary N) is 2. The third-order valence-electron chi connectivity index (χ3n) is 7.36. The van der Waals surface area contributed by atoms with Crippen molar-refractivity contribution < 1.29 is 22.7 Å². The minimum atomic E-state index is -3.57. The van der Waals surface area contributed by atoms with Gasteiger partial charge >= 0.3 is 0 Å². The zero-order valence-corrected chi connectivity index (χ0v) is 27.0. The average molecular weight is 648 g/mol. The zero-order chi connectivity index (χ0) is 32.2. The van der Waals surface area contributed by atoms with Gasteiger partial charge in [-0.3, -0.25) is 9.59 Å². The summed E-state index contributed by atoms with van der Waals surface area (Å²) in [6.45, 7) is 2.51. The monoisotopic (exact) mass is 647 g/mol. The summed E-state index contributed by atoms with van der Waals surface area (Å²) in [4.78, 5) is 29.7. The molecular weight excluding hydrogens is 610 g/mol. The van der Waals surface area contributed by atoms with Crippen molar-refractivity contribution in [3.05, 3.63) is 130 Å². The van der Waals surface area contributed by atoms with Gasteiger partial charge in [0.25, 0.3) is 0 Å². The number of hydrogen-bond acceptors (Lipinski definition) is 5. The number of aryl methyl sites for hydroxylation is 1. The molecule has 1 atom stereocenters. The van der Waals surface area contributed by atoms with E-state index in [4.69, 9.17) is 16.3 Å². The highest BCUT2D eigenvalue weighted by atomic mass is 35.5. The highest BCUT2D eigenvalue weighted by Crippen LogP contribution is 2.20. The van der Waals surface area contributed by atoms with E-state index in [0.717, 1.165) is 28.0 Å². The Balaban J connectivity index is 1.58. The fourth-order valence-electron chi connectivity index (χ4n) is 4.89. The van der Waals surface area contributed by atoms with Crippen LogP contribution < -0.4 is 14.8 Å². The quantitative estimate of drug-likeness (QED) is 0.176. The number of carbonyl (C=O) groups excluding carboxylic acids is 2. The minimum Gasteiger partial charge on any atom is -0.497 e. The first-order chi connectivity index (χ1) is 21.7. The molecule has 0 saturated heterocycles. The molecule has 45 heavy (non-hydrogen) atoms. The summed E-state index contributed by atoms with van der Waals surface area (Å²) < 4.78 is 32.4. The molecule has 10 heteroatoms. The Labute approximate surface area is 270 Å². The summed E-state index contributed by atoms with van der Waals surface area (Å²) >= 11 is 6.13. The molecule has 0 aliphatic carbocycles. The molecule has 4 rings (SSSR count). The number of carbonyl (C=O) groups is 2. The van der Waals surface area contributed by atoms with Gasteiger partial charge in [0.1, 0.15) is 11.8 Å². The van der Waals surface area contributed by atoms with Crippen molar-refractivity contribution in [3.8, 4) is 5.75 Å². The SMILES string of the molecule is CCNS(=O)(=O)c1ccc(CCC(=O)N(Cc2ccc(Cl)cc2)[C@H](Cc2ccccc2)C(=O)NCc2ccc(OC)cc2)cc1. The molecule has 0 unspecified atom stereocenters. The average Bonchev–Trinajstić information content (AvgIpc) is 3.06. The van der Waals surface area contributed by atoms with Gasteiger partial charge in [0.15, 0.2) is 0 Å². The second kappa shape index (κ2) is 16.2. The van der Waals surface area contributed by atoms with E-state index in [1.807, 2.05) is 66.7 Å². The second-order valence-corrected chi connectivity index (χ2v) is 12.8. The summed E-state index contributed by atoms with van der Waals surface area (Å²) in [5.74, 6) is 0.255. The molecule has 0 aromatic heterocycles. The molecule has 0 aliphatic rings. The highest BCUT2D eigenvalue weighted by Gasteiger charge is 2.30. The molecule has 0 bridgehead atoms. The molecule has 2 N–H and O–H groups in total. The van der Waals surface area contributed by atoms with Crippen LogP contribution in [0.4, 0.5) is 0 Å². The predicted molar refractivity (Wildman–Crippen MR) is 176 cm³/mol. The number of ether oxygens (including phenoxy) is 1. The number of sulfonamides is 1. The summed E-state index contributed by atoms with van der Waals surface area (Å²) in [5.41, 5.74) is 3.48. The molecule has 4 aromatic carbocycles. The van der Waals surface area contributed by atoms with Crippen molar-refractivity contribution >= 4 is 33.4 Å². The van der Waals surface area contributed by atoms with Crippen LogP contribution in [0.3, 0.4) is 0 Å². The van der Waals surface area contributed by atoms with E-state index in [1.165, 1.54) is 12.1 Å². The summed E-state index contributed by atoms with van der Waals surface area (Å²) in [6.07, 6.45) is 0.832. The van der Waals surface area contributed by atoms with Crippen LogP contribution in [-0.4, -0.2) is 44.8 Å². The van der Waals surface area contributed by atoms with Crippen LogP contribution in [0.25, 0.3) is 0 Å². The highest BCUT2D eigenvalue weighted by molar-refractivity contribution is 7.89. The van der Waals surface area contributed by atoms with Gasteiger partial charge in [-0.25, -0.2) is 13.1 Å². The van der Waals surface area contributed by atoms with Gasteiger partial charge in [-0.1, -0.05) is 85.3 Å². The van der Waals surface area contributed by atoms with Gasteiger partial charge in [-0.05, 0) is 65.1 Å². The Morgan fingerprint density at radius 2 is 1.44 bits per heavy atom. The Morgan fingerprint density at radius 3 is 2.07 bits per heavy atom. The van der Waals surface area contributed by atoms with E-state index in [0.29, 0.717) is 31.0 Å². The number of amides is 2. The Kier molecular flexibility index (Phi) is 12.2. The molecule has 0 spiro atoms. The van der Waals surface area contributed by atoms with Crippen molar-refractivity contribution in [2.75, 3.05) is 13.7 Å². The maximum absolute atomic E-state index is 14.0.